The highest BCUT2D eigenvalue weighted by Crippen LogP contribution is 2.23. The van der Waals surface area contributed by atoms with Crippen LogP contribution in [-0.4, -0.2) is 20.7 Å². The fraction of sp³-hybridized carbons (Fsp3) is 0.118. The molecule has 3 heterocycles. The zero-order valence-corrected chi connectivity index (χ0v) is 13.7. The Bertz CT molecular complexity index is 981. The molecule has 0 unspecified atom stereocenters. The molecule has 1 N–H and O–H groups in total. The minimum atomic E-state index is -0.199. The summed E-state index contributed by atoms with van der Waals surface area (Å²) < 4.78 is 8.50. The first-order valence-electron chi connectivity index (χ1n) is 7.41. The predicted octanol–water partition coefficient (Wildman–Crippen LogP) is 3.22. The molecule has 7 heteroatoms. The zero-order valence-electron chi connectivity index (χ0n) is 12.9. The van der Waals surface area contributed by atoms with Gasteiger partial charge >= 0.3 is 0 Å². The third-order valence-corrected chi connectivity index (χ3v) is 4.68. The highest BCUT2D eigenvalue weighted by Gasteiger charge is 2.13. The second-order valence-electron chi connectivity index (χ2n) is 5.28. The number of thiazole rings is 1. The number of amides is 1. The first-order chi connectivity index (χ1) is 11.7. The number of nitrogens with zero attached hydrogens (tertiary/aromatic N) is 3. The fourth-order valence-electron chi connectivity index (χ4n) is 2.44. The van der Waals surface area contributed by atoms with E-state index in [0.717, 1.165) is 21.7 Å². The first kappa shape index (κ1) is 14.6. The van der Waals surface area contributed by atoms with Crippen molar-refractivity contribution in [3.63, 3.8) is 0 Å². The van der Waals surface area contributed by atoms with E-state index < -0.39 is 0 Å². The number of aryl methyl sites for hydroxylation is 1. The second-order valence-corrected chi connectivity index (χ2v) is 6.31. The summed E-state index contributed by atoms with van der Waals surface area (Å²) in [7, 11) is 1.85. The molecule has 1 aromatic carbocycles. The number of furan rings is 1. The Hall–Kier alpha value is -2.93. The van der Waals surface area contributed by atoms with Gasteiger partial charge in [0.15, 0.2) is 10.8 Å². The SMILES string of the molecule is Cn1nccc1-c1ccc(CNC(=O)c2nc3ccccc3s2)o1. The second kappa shape index (κ2) is 5.93. The van der Waals surface area contributed by atoms with Crippen LogP contribution in [0.25, 0.3) is 21.7 Å². The molecule has 0 aliphatic rings. The number of aromatic nitrogens is 3. The van der Waals surface area contributed by atoms with Gasteiger partial charge in [0.05, 0.1) is 16.8 Å². The summed E-state index contributed by atoms with van der Waals surface area (Å²) in [5.41, 5.74) is 1.72. The molecule has 0 saturated heterocycles. The number of hydrogen-bond acceptors (Lipinski definition) is 5. The molecular weight excluding hydrogens is 324 g/mol. The Morgan fingerprint density at radius 1 is 1.25 bits per heavy atom. The highest BCUT2D eigenvalue weighted by molar-refractivity contribution is 7.20. The smallest absolute Gasteiger partial charge is 0.280 e. The number of fused-ring (bicyclic) bond motifs is 1. The van der Waals surface area contributed by atoms with Crippen LogP contribution in [0.3, 0.4) is 0 Å². The average molecular weight is 338 g/mol. The van der Waals surface area contributed by atoms with Crippen molar-refractivity contribution in [2.45, 2.75) is 6.54 Å². The molecular formula is C17H14N4O2S. The van der Waals surface area contributed by atoms with E-state index in [1.807, 2.05) is 49.5 Å². The average Bonchev–Trinajstić information content (AvgIpc) is 3.31. The molecule has 0 spiro atoms. The molecule has 24 heavy (non-hydrogen) atoms. The number of nitrogens with one attached hydrogen (secondary N) is 1. The lowest BCUT2D eigenvalue weighted by atomic mass is 10.3. The van der Waals surface area contributed by atoms with Crippen LogP contribution >= 0.6 is 11.3 Å². The molecule has 1 amide bonds. The number of benzene rings is 1. The van der Waals surface area contributed by atoms with Gasteiger partial charge in [0.2, 0.25) is 0 Å². The normalized spacial score (nSPS) is 11.0. The van der Waals surface area contributed by atoms with Gasteiger partial charge in [0.1, 0.15) is 11.5 Å². The van der Waals surface area contributed by atoms with Crippen LogP contribution in [0.15, 0.2) is 53.1 Å². The molecule has 0 atom stereocenters. The zero-order chi connectivity index (χ0) is 16.5. The van der Waals surface area contributed by atoms with Crippen molar-refractivity contribution in [1.82, 2.24) is 20.1 Å². The molecule has 120 valence electrons. The number of para-hydroxylation sites is 1. The third-order valence-electron chi connectivity index (χ3n) is 3.65. The van der Waals surface area contributed by atoms with E-state index >= 15 is 0 Å². The summed E-state index contributed by atoms with van der Waals surface area (Å²) in [6.07, 6.45) is 1.71. The molecule has 4 aromatic rings. The molecule has 0 radical (unpaired) electrons. The van der Waals surface area contributed by atoms with Crippen LogP contribution in [0.1, 0.15) is 15.6 Å². The maximum absolute atomic E-state index is 12.3. The van der Waals surface area contributed by atoms with Crippen molar-refractivity contribution in [3.8, 4) is 11.5 Å². The van der Waals surface area contributed by atoms with Gasteiger partial charge in [-0.25, -0.2) is 4.98 Å². The number of carbonyl (C=O) groups is 1. The minimum Gasteiger partial charge on any atom is -0.458 e. The number of rotatable bonds is 4. The molecule has 0 bridgehead atoms. The van der Waals surface area contributed by atoms with Crippen molar-refractivity contribution >= 4 is 27.5 Å². The van der Waals surface area contributed by atoms with Crippen LogP contribution in [0.4, 0.5) is 0 Å². The van der Waals surface area contributed by atoms with Gasteiger partial charge in [-0.15, -0.1) is 11.3 Å². The Kier molecular flexibility index (Phi) is 3.62. The lowest BCUT2D eigenvalue weighted by Gasteiger charge is -2.00. The van der Waals surface area contributed by atoms with E-state index in [1.165, 1.54) is 11.3 Å². The van der Waals surface area contributed by atoms with Gasteiger partial charge in [-0.1, -0.05) is 12.1 Å². The monoisotopic (exact) mass is 338 g/mol. The van der Waals surface area contributed by atoms with Crippen molar-refractivity contribution in [2.75, 3.05) is 0 Å². The van der Waals surface area contributed by atoms with Crippen molar-refractivity contribution in [1.29, 1.82) is 0 Å². The number of carbonyl (C=O) groups excluding carboxylic acids is 1. The Labute approximate surface area is 141 Å². The van der Waals surface area contributed by atoms with Crippen LogP contribution in [0.5, 0.6) is 0 Å². The largest absolute Gasteiger partial charge is 0.458 e. The fourth-order valence-corrected chi connectivity index (χ4v) is 3.32. The van der Waals surface area contributed by atoms with E-state index in [4.69, 9.17) is 4.42 Å². The van der Waals surface area contributed by atoms with E-state index in [2.05, 4.69) is 15.4 Å². The molecule has 0 aliphatic heterocycles. The summed E-state index contributed by atoms with van der Waals surface area (Å²) in [6, 6.07) is 13.3. The quantitative estimate of drug-likeness (QED) is 0.620. The molecule has 0 saturated carbocycles. The van der Waals surface area contributed by atoms with Gasteiger partial charge in [-0.2, -0.15) is 5.10 Å². The summed E-state index contributed by atoms with van der Waals surface area (Å²) in [5, 5.41) is 7.41. The van der Waals surface area contributed by atoms with Crippen LogP contribution in [0.2, 0.25) is 0 Å². The molecule has 6 nitrogen and oxygen atoms in total. The van der Waals surface area contributed by atoms with Crippen molar-refractivity contribution in [2.24, 2.45) is 7.05 Å². The van der Waals surface area contributed by atoms with Gasteiger partial charge < -0.3 is 9.73 Å². The lowest BCUT2D eigenvalue weighted by molar-refractivity contribution is 0.0948. The molecule has 0 fully saturated rings. The van der Waals surface area contributed by atoms with Crippen LogP contribution in [0, 0.1) is 0 Å². The lowest BCUT2D eigenvalue weighted by Crippen LogP contribution is -2.22. The molecule has 0 aliphatic carbocycles. The standard InChI is InChI=1S/C17H14N4O2S/c1-21-13(8-9-19-21)14-7-6-11(23-14)10-18-16(22)17-20-12-4-2-3-5-15(12)24-17/h2-9H,10H2,1H3,(H,18,22). The minimum absolute atomic E-state index is 0.199. The van der Waals surface area contributed by atoms with Gasteiger partial charge in [0.25, 0.3) is 5.91 Å². The Morgan fingerprint density at radius 2 is 2.12 bits per heavy atom. The van der Waals surface area contributed by atoms with Crippen LogP contribution < -0.4 is 5.32 Å². The summed E-state index contributed by atoms with van der Waals surface area (Å²) >= 11 is 1.38. The predicted molar refractivity (Wildman–Crippen MR) is 91.7 cm³/mol. The Morgan fingerprint density at radius 3 is 2.92 bits per heavy atom. The Balaban J connectivity index is 1.46. The van der Waals surface area contributed by atoms with E-state index in [1.54, 1.807) is 10.9 Å². The van der Waals surface area contributed by atoms with E-state index in [0.29, 0.717) is 17.3 Å². The van der Waals surface area contributed by atoms with Gasteiger partial charge in [-0.05, 0) is 30.3 Å². The van der Waals surface area contributed by atoms with E-state index in [9.17, 15) is 4.79 Å². The maximum atomic E-state index is 12.3. The highest BCUT2D eigenvalue weighted by atomic mass is 32.1. The van der Waals surface area contributed by atoms with Crippen molar-refractivity contribution < 1.29 is 9.21 Å². The topological polar surface area (TPSA) is 73.0 Å². The first-order valence-corrected chi connectivity index (χ1v) is 8.23. The summed E-state index contributed by atoms with van der Waals surface area (Å²) in [5.74, 6) is 1.20. The number of hydrogen-bond donors (Lipinski definition) is 1. The molecule has 4 rings (SSSR count). The maximum Gasteiger partial charge on any atom is 0.280 e. The van der Waals surface area contributed by atoms with Gasteiger partial charge in [-0.3, -0.25) is 9.48 Å². The van der Waals surface area contributed by atoms with Crippen molar-refractivity contribution in [3.05, 3.63) is 59.4 Å². The summed E-state index contributed by atoms with van der Waals surface area (Å²) in [4.78, 5) is 16.6. The molecule has 3 aromatic heterocycles. The van der Waals surface area contributed by atoms with E-state index in [-0.39, 0.29) is 5.91 Å². The van der Waals surface area contributed by atoms with Crippen LogP contribution in [-0.2, 0) is 13.6 Å². The summed E-state index contributed by atoms with van der Waals surface area (Å²) in [6.45, 7) is 0.312. The van der Waals surface area contributed by atoms with Gasteiger partial charge in [0, 0.05) is 13.2 Å². The third kappa shape index (κ3) is 2.69.